The van der Waals surface area contributed by atoms with Gasteiger partial charge in [0.05, 0.1) is 0 Å². The molecule has 1 rings (SSSR count). The lowest BCUT2D eigenvalue weighted by atomic mass is 10.4. The zero-order valence-corrected chi connectivity index (χ0v) is 8.18. The SMILES string of the molecule is C#CCCCSc1ccc(N)nc1. The Labute approximate surface area is 82.9 Å². The third-order valence-corrected chi connectivity index (χ3v) is 2.56. The van der Waals surface area contributed by atoms with Crippen LogP contribution in [0.1, 0.15) is 12.8 Å². The predicted octanol–water partition coefficient (Wildman–Crippen LogP) is 2.17. The highest BCUT2D eigenvalue weighted by atomic mass is 32.2. The number of aromatic nitrogens is 1. The average Bonchev–Trinajstić information content (AvgIpc) is 2.15. The number of anilines is 1. The van der Waals surface area contributed by atoms with Crippen LogP contribution in [0.2, 0.25) is 0 Å². The van der Waals surface area contributed by atoms with E-state index in [1.807, 2.05) is 12.1 Å². The van der Waals surface area contributed by atoms with Gasteiger partial charge in [-0.25, -0.2) is 4.98 Å². The van der Waals surface area contributed by atoms with Crippen LogP contribution >= 0.6 is 11.8 Å². The standard InChI is InChI=1S/C10H12N2S/c1-2-3-4-7-13-9-5-6-10(11)12-8-9/h1,5-6,8H,3-4,7H2,(H2,11,12). The second kappa shape index (κ2) is 5.50. The predicted molar refractivity (Wildman–Crippen MR) is 57.4 cm³/mol. The minimum Gasteiger partial charge on any atom is -0.384 e. The molecule has 0 aliphatic rings. The Balaban J connectivity index is 2.30. The van der Waals surface area contributed by atoms with Crippen molar-refractivity contribution in [3.8, 4) is 12.3 Å². The van der Waals surface area contributed by atoms with Crippen LogP contribution < -0.4 is 5.73 Å². The number of nitrogens with zero attached hydrogens (tertiary/aromatic N) is 1. The second-order valence-electron chi connectivity index (χ2n) is 2.57. The summed E-state index contributed by atoms with van der Waals surface area (Å²) in [4.78, 5) is 5.14. The molecule has 3 heteroatoms. The first kappa shape index (κ1) is 9.94. The molecule has 0 saturated carbocycles. The van der Waals surface area contributed by atoms with Gasteiger partial charge in [-0.1, -0.05) is 0 Å². The summed E-state index contributed by atoms with van der Waals surface area (Å²) < 4.78 is 0. The molecule has 13 heavy (non-hydrogen) atoms. The summed E-state index contributed by atoms with van der Waals surface area (Å²) in [5, 5.41) is 0. The van der Waals surface area contributed by atoms with E-state index in [0.29, 0.717) is 5.82 Å². The molecular weight excluding hydrogens is 180 g/mol. The number of rotatable bonds is 4. The first-order valence-corrected chi connectivity index (χ1v) is 5.09. The molecule has 0 bridgehead atoms. The lowest BCUT2D eigenvalue weighted by Gasteiger charge is -1.99. The molecule has 0 aliphatic carbocycles. The topological polar surface area (TPSA) is 38.9 Å². The molecule has 0 aliphatic heterocycles. The van der Waals surface area contributed by atoms with Crippen molar-refractivity contribution in [2.45, 2.75) is 17.7 Å². The summed E-state index contributed by atoms with van der Waals surface area (Å²) in [6.07, 6.45) is 8.82. The zero-order chi connectivity index (χ0) is 9.52. The monoisotopic (exact) mass is 192 g/mol. The van der Waals surface area contributed by atoms with Gasteiger partial charge >= 0.3 is 0 Å². The third kappa shape index (κ3) is 3.86. The van der Waals surface area contributed by atoms with Gasteiger partial charge in [-0.3, -0.25) is 0 Å². The highest BCUT2D eigenvalue weighted by Crippen LogP contribution is 2.18. The Morgan fingerprint density at radius 3 is 3.00 bits per heavy atom. The molecule has 2 nitrogen and oxygen atoms in total. The van der Waals surface area contributed by atoms with Crippen molar-refractivity contribution in [2.75, 3.05) is 11.5 Å². The first-order chi connectivity index (χ1) is 6.33. The number of pyridine rings is 1. The molecule has 0 fully saturated rings. The largest absolute Gasteiger partial charge is 0.384 e. The number of nitrogen functional groups attached to an aromatic ring is 1. The second-order valence-corrected chi connectivity index (χ2v) is 3.74. The van der Waals surface area contributed by atoms with Crippen LogP contribution in [0, 0.1) is 12.3 Å². The molecule has 1 aromatic heterocycles. The van der Waals surface area contributed by atoms with E-state index < -0.39 is 0 Å². The van der Waals surface area contributed by atoms with Crippen LogP contribution in [0.5, 0.6) is 0 Å². The fourth-order valence-electron chi connectivity index (χ4n) is 0.841. The van der Waals surface area contributed by atoms with Crippen LogP contribution in [0.25, 0.3) is 0 Å². The fourth-order valence-corrected chi connectivity index (χ4v) is 1.66. The number of unbranched alkanes of at least 4 members (excludes halogenated alkanes) is 1. The van der Waals surface area contributed by atoms with Crippen molar-refractivity contribution >= 4 is 17.6 Å². The maximum absolute atomic E-state index is 5.46. The van der Waals surface area contributed by atoms with Gasteiger partial charge in [-0.05, 0) is 24.3 Å². The summed E-state index contributed by atoms with van der Waals surface area (Å²) in [6, 6.07) is 3.78. The first-order valence-electron chi connectivity index (χ1n) is 4.10. The normalized spacial score (nSPS) is 9.46. The van der Waals surface area contributed by atoms with Crippen LogP contribution in [0.15, 0.2) is 23.2 Å². The zero-order valence-electron chi connectivity index (χ0n) is 7.36. The van der Waals surface area contributed by atoms with Crippen molar-refractivity contribution in [3.63, 3.8) is 0 Å². The molecule has 68 valence electrons. The smallest absolute Gasteiger partial charge is 0.123 e. The maximum Gasteiger partial charge on any atom is 0.123 e. The van der Waals surface area contributed by atoms with E-state index in [1.165, 1.54) is 0 Å². The molecule has 0 aromatic carbocycles. The lowest BCUT2D eigenvalue weighted by molar-refractivity contribution is 0.997. The van der Waals surface area contributed by atoms with Crippen LogP contribution in [0.3, 0.4) is 0 Å². The van der Waals surface area contributed by atoms with Crippen molar-refractivity contribution in [1.29, 1.82) is 0 Å². The van der Waals surface area contributed by atoms with Crippen molar-refractivity contribution in [3.05, 3.63) is 18.3 Å². The summed E-state index contributed by atoms with van der Waals surface area (Å²) >= 11 is 1.76. The van der Waals surface area contributed by atoms with Crippen molar-refractivity contribution in [1.82, 2.24) is 4.98 Å². The molecule has 0 saturated heterocycles. The summed E-state index contributed by atoms with van der Waals surface area (Å²) in [7, 11) is 0. The molecular formula is C10H12N2S. The minimum atomic E-state index is 0.563. The molecule has 1 heterocycles. The van der Waals surface area contributed by atoms with E-state index in [1.54, 1.807) is 18.0 Å². The van der Waals surface area contributed by atoms with Crippen LogP contribution in [-0.4, -0.2) is 10.7 Å². The molecule has 0 atom stereocenters. The molecule has 0 spiro atoms. The van der Waals surface area contributed by atoms with E-state index >= 15 is 0 Å². The van der Waals surface area contributed by atoms with E-state index in [2.05, 4.69) is 10.9 Å². The van der Waals surface area contributed by atoms with Gasteiger partial charge in [-0.2, -0.15) is 0 Å². The third-order valence-electron chi connectivity index (χ3n) is 1.49. The Morgan fingerprint density at radius 1 is 1.54 bits per heavy atom. The van der Waals surface area contributed by atoms with Gasteiger partial charge in [0.2, 0.25) is 0 Å². The Hall–Kier alpha value is -1.14. The average molecular weight is 192 g/mol. The quantitative estimate of drug-likeness (QED) is 0.451. The van der Waals surface area contributed by atoms with Crippen LogP contribution in [0.4, 0.5) is 5.82 Å². The number of terminal acetylenes is 1. The maximum atomic E-state index is 5.46. The minimum absolute atomic E-state index is 0.563. The fraction of sp³-hybridized carbons (Fsp3) is 0.300. The number of thioether (sulfide) groups is 1. The van der Waals surface area contributed by atoms with Gasteiger partial charge in [0.15, 0.2) is 0 Å². The van der Waals surface area contributed by atoms with Crippen LogP contribution in [-0.2, 0) is 0 Å². The molecule has 1 aromatic rings. The molecule has 0 amide bonds. The van der Waals surface area contributed by atoms with Gasteiger partial charge < -0.3 is 5.73 Å². The van der Waals surface area contributed by atoms with Gasteiger partial charge in [0.25, 0.3) is 0 Å². The Morgan fingerprint density at radius 2 is 2.38 bits per heavy atom. The summed E-state index contributed by atoms with van der Waals surface area (Å²) in [5.41, 5.74) is 5.46. The van der Waals surface area contributed by atoms with Crippen molar-refractivity contribution in [2.24, 2.45) is 0 Å². The number of hydrogen-bond acceptors (Lipinski definition) is 3. The highest BCUT2D eigenvalue weighted by molar-refractivity contribution is 7.99. The van der Waals surface area contributed by atoms with E-state index in [9.17, 15) is 0 Å². The highest BCUT2D eigenvalue weighted by Gasteiger charge is 1.93. The van der Waals surface area contributed by atoms with Crippen molar-refractivity contribution < 1.29 is 0 Å². The molecule has 2 N–H and O–H groups in total. The summed E-state index contributed by atoms with van der Waals surface area (Å²) in [6.45, 7) is 0. The molecule has 0 radical (unpaired) electrons. The lowest BCUT2D eigenvalue weighted by Crippen LogP contribution is -1.88. The molecule has 0 unspecified atom stereocenters. The Kier molecular flexibility index (Phi) is 4.20. The Bertz CT molecular complexity index is 287. The van der Waals surface area contributed by atoms with E-state index in [4.69, 9.17) is 12.2 Å². The van der Waals surface area contributed by atoms with Gasteiger partial charge in [0, 0.05) is 17.5 Å². The van der Waals surface area contributed by atoms with Gasteiger partial charge in [0.1, 0.15) is 5.82 Å². The number of nitrogens with two attached hydrogens (primary N) is 1. The van der Waals surface area contributed by atoms with E-state index in [0.717, 1.165) is 23.5 Å². The van der Waals surface area contributed by atoms with Gasteiger partial charge in [-0.15, -0.1) is 24.1 Å². The number of hydrogen-bond donors (Lipinski definition) is 1. The van der Waals surface area contributed by atoms with E-state index in [-0.39, 0.29) is 0 Å². The summed E-state index contributed by atoms with van der Waals surface area (Å²) in [5.74, 6) is 4.21.